The van der Waals surface area contributed by atoms with Crippen molar-refractivity contribution in [3.63, 3.8) is 0 Å². The largest absolute Gasteiger partial charge is 0.467 e. The fraction of sp³-hybridized carbons (Fsp3) is 0.176. The number of halogens is 1. The van der Waals surface area contributed by atoms with Crippen molar-refractivity contribution in [2.24, 2.45) is 0 Å². The van der Waals surface area contributed by atoms with Crippen LogP contribution in [0.3, 0.4) is 0 Å². The van der Waals surface area contributed by atoms with E-state index >= 15 is 0 Å². The number of aryl methyl sites for hydroxylation is 1. The van der Waals surface area contributed by atoms with Gasteiger partial charge in [-0.15, -0.1) is 0 Å². The van der Waals surface area contributed by atoms with Crippen molar-refractivity contribution in [1.82, 2.24) is 15.1 Å². The average Bonchev–Trinajstić information content (AvgIpc) is 3.18. The lowest BCUT2D eigenvalue weighted by atomic mass is 10.2. The molecule has 0 aliphatic heterocycles. The Labute approximate surface area is 142 Å². The van der Waals surface area contributed by atoms with Gasteiger partial charge in [0.1, 0.15) is 5.76 Å². The predicted octanol–water partition coefficient (Wildman–Crippen LogP) is 3.92. The van der Waals surface area contributed by atoms with E-state index in [4.69, 9.17) is 4.42 Å². The van der Waals surface area contributed by atoms with Crippen molar-refractivity contribution in [2.75, 3.05) is 0 Å². The maximum atomic E-state index is 12.9. The number of rotatable bonds is 5. The van der Waals surface area contributed by atoms with Gasteiger partial charge in [-0.05, 0) is 40.5 Å². The van der Waals surface area contributed by atoms with Gasteiger partial charge in [0.05, 0.1) is 17.3 Å². The first-order valence-corrected chi connectivity index (χ1v) is 8.00. The van der Waals surface area contributed by atoms with Gasteiger partial charge in [-0.1, -0.05) is 30.3 Å². The highest BCUT2D eigenvalue weighted by atomic mass is 79.9. The fourth-order valence-corrected chi connectivity index (χ4v) is 2.65. The zero-order chi connectivity index (χ0) is 16.2. The minimum atomic E-state index is -0.151. The summed E-state index contributed by atoms with van der Waals surface area (Å²) in [6.07, 6.45) is 1.61. The lowest BCUT2D eigenvalue weighted by Gasteiger charge is -2.21. The van der Waals surface area contributed by atoms with Gasteiger partial charge in [0, 0.05) is 12.2 Å². The Balaban J connectivity index is 1.87. The molecule has 6 heteroatoms. The standard InChI is InChI=1S/C17H16BrN3O2/c1-12-15(18)16(20-19-12)17(22)21(11-14-8-5-9-23-14)10-13-6-3-2-4-7-13/h2-9H,10-11H2,1H3,(H,19,20). The van der Waals surface area contributed by atoms with Crippen molar-refractivity contribution in [2.45, 2.75) is 20.0 Å². The number of nitrogens with one attached hydrogen (secondary N) is 1. The van der Waals surface area contributed by atoms with Crippen LogP contribution in [-0.4, -0.2) is 21.0 Å². The first-order valence-electron chi connectivity index (χ1n) is 7.21. The molecule has 0 aliphatic rings. The summed E-state index contributed by atoms with van der Waals surface area (Å²) in [6.45, 7) is 2.74. The quantitative estimate of drug-likeness (QED) is 0.737. The number of carbonyl (C=O) groups is 1. The summed E-state index contributed by atoms with van der Waals surface area (Å²) in [5, 5.41) is 6.94. The van der Waals surface area contributed by atoms with Crippen molar-refractivity contribution in [3.8, 4) is 0 Å². The van der Waals surface area contributed by atoms with Crippen LogP contribution in [0.25, 0.3) is 0 Å². The van der Waals surface area contributed by atoms with Crippen LogP contribution < -0.4 is 0 Å². The highest BCUT2D eigenvalue weighted by Crippen LogP contribution is 2.21. The maximum absolute atomic E-state index is 12.9. The summed E-state index contributed by atoms with van der Waals surface area (Å²) in [5.74, 6) is 0.583. The second kappa shape index (κ2) is 6.83. The Morgan fingerprint density at radius 2 is 2.00 bits per heavy atom. The van der Waals surface area contributed by atoms with Gasteiger partial charge in [0.25, 0.3) is 5.91 Å². The fourth-order valence-electron chi connectivity index (χ4n) is 2.30. The molecule has 2 heterocycles. The lowest BCUT2D eigenvalue weighted by molar-refractivity contribution is 0.0710. The van der Waals surface area contributed by atoms with Gasteiger partial charge in [-0.3, -0.25) is 9.89 Å². The molecule has 1 amide bonds. The van der Waals surface area contributed by atoms with E-state index < -0.39 is 0 Å². The molecule has 2 aromatic heterocycles. The Kier molecular flexibility index (Phi) is 4.62. The number of furan rings is 1. The second-order valence-corrected chi connectivity index (χ2v) is 6.03. The molecule has 1 N–H and O–H groups in total. The highest BCUT2D eigenvalue weighted by molar-refractivity contribution is 9.10. The van der Waals surface area contributed by atoms with E-state index in [0.29, 0.717) is 23.3 Å². The molecule has 0 unspecified atom stereocenters. The first kappa shape index (κ1) is 15.6. The Morgan fingerprint density at radius 1 is 1.22 bits per heavy atom. The topological polar surface area (TPSA) is 62.1 Å². The molecule has 0 fully saturated rings. The average molecular weight is 374 g/mol. The molecule has 0 bridgehead atoms. The van der Waals surface area contributed by atoms with E-state index in [1.54, 1.807) is 11.2 Å². The van der Waals surface area contributed by atoms with Crippen molar-refractivity contribution >= 4 is 21.8 Å². The lowest BCUT2D eigenvalue weighted by Crippen LogP contribution is -2.30. The third-order valence-corrected chi connectivity index (χ3v) is 4.48. The third kappa shape index (κ3) is 3.53. The number of H-pyrrole nitrogens is 1. The van der Waals surface area contributed by atoms with E-state index in [1.165, 1.54) is 0 Å². The summed E-state index contributed by atoms with van der Waals surface area (Å²) in [6, 6.07) is 13.5. The summed E-state index contributed by atoms with van der Waals surface area (Å²) < 4.78 is 6.08. The predicted molar refractivity (Wildman–Crippen MR) is 89.8 cm³/mol. The van der Waals surface area contributed by atoms with Crippen LogP contribution in [0, 0.1) is 6.92 Å². The number of aromatic amines is 1. The van der Waals surface area contributed by atoms with E-state index in [9.17, 15) is 4.79 Å². The smallest absolute Gasteiger partial charge is 0.276 e. The van der Waals surface area contributed by atoms with E-state index in [2.05, 4.69) is 26.1 Å². The summed E-state index contributed by atoms with van der Waals surface area (Å²) in [7, 11) is 0. The minimum absolute atomic E-state index is 0.151. The number of hydrogen-bond donors (Lipinski definition) is 1. The van der Waals surface area contributed by atoms with Crippen LogP contribution in [0.2, 0.25) is 0 Å². The number of amides is 1. The molecule has 5 nitrogen and oxygen atoms in total. The van der Waals surface area contributed by atoms with Gasteiger partial charge < -0.3 is 9.32 Å². The summed E-state index contributed by atoms with van der Waals surface area (Å²) in [5.41, 5.74) is 2.26. The third-order valence-electron chi connectivity index (χ3n) is 3.51. The molecule has 23 heavy (non-hydrogen) atoms. The molecule has 0 spiro atoms. The maximum Gasteiger partial charge on any atom is 0.276 e. The number of benzene rings is 1. The highest BCUT2D eigenvalue weighted by Gasteiger charge is 2.23. The Hall–Kier alpha value is -2.34. The van der Waals surface area contributed by atoms with Crippen LogP contribution in [0.4, 0.5) is 0 Å². The zero-order valence-electron chi connectivity index (χ0n) is 12.6. The van der Waals surface area contributed by atoms with Crippen LogP contribution in [0.1, 0.15) is 27.5 Å². The second-order valence-electron chi connectivity index (χ2n) is 5.24. The number of hydrogen-bond acceptors (Lipinski definition) is 3. The van der Waals surface area contributed by atoms with Gasteiger partial charge in [0.2, 0.25) is 0 Å². The molecule has 0 atom stereocenters. The summed E-state index contributed by atoms with van der Waals surface area (Å²) >= 11 is 3.42. The molecule has 0 aliphatic carbocycles. The van der Waals surface area contributed by atoms with Gasteiger partial charge in [-0.25, -0.2) is 0 Å². The number of carbonyl (C=O) groups excluding carboxylic acids is 1. The van der Waals surface area contributed by atoms with E-state index in [0.717, 1.165) is 17.0 Å². The molecule has 118 valence electrons. The van der Waals surface area contributed by atoms with Crippen LogP contribution in [0.5, 0.6) is 0 Å². The van der Waals surface area contributed by atoms with Crippen LogP contribution in [-0.2, 0) is 13.1 Å². The molecule has 0 saturated carbocycles. The van der Waals surface area contributed by atoms with Gasteiger partial charge in [-0.2, -0.15) is 5.10 Å². The molecule has 0 saturated heterocycles. The normalized spacial score (nSPS) is 10.7. The monoisotopic (exact) mass is 373 g/mol. The Bertz CT molecular complexity index is 782. The SMILES string of the molecule is Cc1[nH]nc(C(=O)N(Cc2ccccc2)Cc2ccco2)c1Br. The first-order chi connectivity index (χ1) is 11.1. The molecule has 3 rings (SSSR count). The molecule has 1 aromatic carbocycles. The number of nitrogens with zero attached hydrogens (tertiary/aromatic N) is 2. The van der Waals surface area contributed by atoms with Crippen molar-refractivity contribution in [1.29, 1.82) is 0 Å². The van der Waals surface area contributed by atoms with E-state index in [-0.39, 0.29) is 5.91 Å². The van der Waals surface area contributed by atoms with E-state index in [1.807, 2.05) is 49.4 Å². The van der Waals surface area contributed by atoms with Gasteiger partial charge >= 0.3 is 0 Å². The molecular weight excluding hydrogens is 358 g/mol. The van der Waals surface area contributed by atoms with Crippen LogP contribution in [0.15, 0.2) is 57.6 Å². The molecular formula is C17H16BrN3O2. The minimum Gasteiger partial charge on any atom is -0.467 e. The van der Waals surface area contributed by atoms with Crippen molar-refractivity contribution < 1.29 is 9.21 Å². The zero-order valence-corrected chi connectivity index (χ0v) is 14.2. The van der Waals surface area contributed by atoms with Crippen LogP contribution >= 0.6 is 15.9 Å². The van der Waals surface area contributed by atoms with Gasteiger partial charge in [0.15, 0.2) is 5.69 Å². The molecule has 3 aromatic rings. The summed E-state index contributed by atoms with van der Waals surface area (Å²) in [4.78, 5) is 14.6. The Morgan fingerprint density at radius 3 is 2.61 bits per heavy atom. The number of aromatic nitrogens is 2. The molecule has 0 radical (unpaired) electrons. The van der Waals surface area contributed by atoms with Crippen molar-refractivity contribution in [3.05, 3.63) is 75.9 Å².